The highest BCUT2D eigenvalue weighted by Crippen LogP contribution is 2.07. The normalized spacial score (nSPS) is 10.8. The van der Waals surface area contributed by atoms with Crippen molar-refractivity contribution in [3.05, 3.63) is 65.9 Å². The van der Waals surface area contributed by atoms with Crippen molar-refractivity contribution >= 4 is 12.0 Å². The molecule has 0 aliphatic heterocycles. The molecule has 2 rings (SSSR count). The summed E-state index contributed by atoms with van der Waals surface area (Å²) in [6.45, 7) is 0.360. The molecule has 3 nitrogen and oxygen atoms in total. The maximum absolute atomic E-state index is 13.0. The minimum atomic E-state index is -0.301. The van der Waals surface area contributed by atoms with Gasteiger partial charge in [-0.25, -0.2) is 4.39 Å². The summed E-state index contributed by atoms with van der Waals surface area (Å²) in [4.78, 5) is 13.3. The third-order valence-electron chi connectivity index (χ3n) is 2.62. The second-order valence-electron chi connectivity index (χ2n) is 4.17. The second kappa shape index (κ2) is 6.00. The molecule has 0 radical (unpaired) electrons. The van der Waals surface area contributed by atoms with Gasteiger partial charge in [0.25, 0.3) is 0 Å². The molecule has 0 N–H and O–H groups in total. The summed E-state index contributed by atoms with van der Waals surface area (Å²) in [6, 6.07) is 9.71. The molecule has 1 aromatic heterocycles. The summed E-state index contributed by atoms with van der Waals surface area (Å²) >= 11 is 0. The Hall–Kier alpha value is -2.36. The lowest BCUT2D eigenvalue weighted by Crippen LogP contribution is -2.24. The lowest BCUT2D eigenvalue weighted by molar-refractivity contribution is -0.125. The zero-order valence-electron chi connectivity index (χ0n) is 10.5. The van der Waals surface area contributed by atoms with E-state index in [1.54, 1.807) is 43.7 Å². The van der Waals surface area contributed by atoms with Gasteiger partial charge in [-0.15, -0.1) is 0 Å². The minimum Gasteiger partial charge on any atom is -0.465 e. The van der Waals surface area contributed by atoms with Crippen LogP contribution in [0.1, 0.15) is 11.3 Å². The first kappa shape index (κ1) is 13.1. The zero-order valence-corrected chi connectivity index (χ0v) is 10.5. The molecule has 0 fully saturated rings. The van der Waals surface area contributed by atoms with Crippen LogP contribution < -0.4 is 0 Å². The van der Waals surface area contributed by atoms with Crippen LogP contribution in [0, 0.1) is 5.82 Å². The summed E-state index contributed by atoms with van der Waals surface area (Å²) < 4.78 is 18.1. The highest BCUT2D eigenvalue weighted by Gasteiger charge is 2.06. The monoisotopic (exact) mass is 259 g/mol. The van der Waals surface area contributed by atoms with E-state index in [2.05, 4.69) is 0 Å². The average molecular weight is 259 g/mol. The van der Waals surface area contributed by atoms with E-state index in [1.165, 1.54) is 23.1 Å². The lowest BCUT2D eigenvalue weighted by Gasteiger charge is -2.15. The molecular formula is C15H14FNO2. The number of carbonyl (C=O) groups excluding carboxylic acids is 1. The first-order chi connectivity index (χ1) is 9.15. The first-order valence-electron chi connectivity index (χ1n) is 5.86. The summed E-state index contributed by atoms with van der Waals surface area (Å²) in [6.07, 6.45) is 4.57. The highest BCUT2D eigenvalue weighted by molar-refractivity contribution is 5.91. The molecule has 2 aromatic rings. The van der Waals surface area contributed by atoms with Gasteiger partial charge in [0.1, 0.15) is 11.6 Å². The molecule has 1 heterocycles. The van der Waals surface area contributed by atoms with Gasteiger partial charge in [-0.1, -0.05) is 12.1 Å². The molecule has 1 aromatic carbocycles. The van der Waals surface area contributed by atoms with Crippen molar-refractivity contribution < 1.29 is 13.6 Å². The van der Waals surface area contributed by atoms with Crippen LogP contribution in [-0.4, -0.2) is 17.9 Å². The largest absolute Gasteiger partial charge is 0.465 e. The van der Waals surface area contributed by atoms with Gasteiger partial charge in [-0.2, -0.15) is 0 Å². The number of rotatable bonds is 4. The van der Waals surface area contributed by atoms with Crippen molar-refractivity contribution in [2.24, 2.45) is 0 Å². The van der Waals surface area contributed by atoms with Crippen LogP contribution in [0.4, 0.5) is 4.39 Å². The lowest BCUT2D eigenvalue weighted by atomic mass is 10.2. The van der Waals surface area contributed by atoms with Crippen LogP contribution in [0.5, 0.6) is 0 Å². The highest BCUT2D eigenvalue weighted by atomic mass is 19.1. The second-order valence-corrected chi connectivity index (χ2v) is 4.17. The van der Waals surface area contributed by atoms with E-state index in [0.29, 0.717) is 12.3 Å². The van der Waals surface area contributed by atoms with Gasteiger partial charge in [0, 0.05) is 19.7 Å². The molecule has 1 amide bonds. The molecule has 0 aliphatic rings. The Morgan fingerprint density at radius 1 is 1.37 bits per heavy atom. The van der Waals surface area contributed by atoms with Crippen LogP contribution >= 0.6 is 0 Å². The maximum Gasteiger partial charge on any atom is 0.246 e. The third kappa shape index (κ3) is 3.81. The minimum absolute atomic E-state index is 0.166. The number of hydrogen-bond acceptors (Lipinski definition) is 2. The fraction of sp³-hybridized carbons (Fsp3) is 0.133. The molecule has 19 heavy (non-hydrogen) atoms. The molecule has 0 saturated heterocycles. The van der Waals surface area contributed by atoms with Crippen LogP contribution in [0.15, 0.2) is 53.2 Å². The fourth-order valence-corrected chi connectivity index (χ4v) is 1.65. The van der Waals surface area contributed by atoms with Crippen LogP contribution in [0.2, 0.25) is 0 Å². The molecule has 0 atom stereocenters. The molecule has 4 heteroatoms. The smallest absolute Gasteiger partial charge is 0.246 e. The zero-order chi connectivity index (χ0) is 13.7. The summed E-state index contributed by atoms with van der Waals surface area (Å²) in [5.41, 5.74) is 0.752. The van der Waals surface area contributed by atoms with Gasteiger partial charge in [0.05, 0.1) is 6.26 Å². The number of furan rings is 1. The van der Waals surface area contributed by atoms with E-state index in [9.17, 15) is 9.18 Å². The van der Waals surface area contributed by atoms with Crippen molar-refractivity contribution in [3.63, 3.8) is 0 Å². The number of hydrogen-bond donors (Lipinski definition) is 0. The Balaban J connectivity index is 1.96. The van der Waals surface area contributed by atoms with Crippen molar-refractivity contribution in [2.75, 3.05) is 7.05 Å². The molecule has 98 valence electrons. The van der Waals surface area contributed by atoms with Gasteiger partial charge in [-0.3, -0.25) is 4.79 Å². The summed E-state index contributed by atoms with van der Waals surface area (Å²) in [7, 11) is 1.67. The Labute approximate surface area is 111 Å². The maximum atomic E-state index is 13.0. The molecule has 0 bridgehead atoms. The predicted molar refractivity (Wildman–Crippen MR) is 70.6 cm³/mol. The van der Waals surface area contributed by atoms with E-state index >= 15 is 0 Å². The molecule has 0 aliphatic carbocycles. The number of amides is 1. The van der Waals surface area contributed by atoms with Crippen LogP contribution in [-0.2, 0) is 11.3 Å². The Morgan fingerprint density at radius 3 is 2.89 bits per heavy atom. The predicted octanol–water partition coefficient (Wildman–Crippen LogP) is 3.09. The molecular weight excluding hydrogens is 245 g/mol. The quantitative estimate of drug-likeness (QED) is 0.790. The van der Waals surface area contributed by atoms with Crippen molar-refractivity contribution in [1.29, 1.82) is 0 Å². The van der Waals surface area contributed by atoms with Crippen molar-refractivity contribution in [3.8, 4) is 0 Å². The van der Waals surface area contributed by atoms with Crippen molar-refractivity contribution in [1.82, 2.24) is 4.90 Å². The van der Waals surface area contributed by atoms with E-state index < -0.39 is 0 Å². The van der Waals surface area contributed by atoms with E-state index in [4.69, 9.17) is 4.42 Å². The number of halogens is 1. The van der Waals surface area contributed by atoms with Crippen LogP contribution in [0.3, 0.4) is 0 Å². The van der Waals surface area contributed by atoms with E-state index in [1.807, 2.05) is 0 Å². The third-order valence-corrected chi connectivity index (χ3v) is 2.62. The number of likely N-dealkylation sites (N-methyl/N-ethyl adjacent to an activating group) is 1. The fourth-order valence-electron chi connectivity index (χ4n) is 1.65. The Morgan fingerprint density at radius 2 is 2.21 bits per heavy atom. The van der Waals surface area contributed by atoms with Gasteiger partial charge >= 0.3 is 0 Å². The Bertz CT molecular complexity index is 576. The van der Waals surface area contributed by atoms with Gasteiger partial charge in [-0.05, 0) is 35.9 Å². The van der Waals surface area contributed by atoms with Gasteiger partial charge < -0.3 is 9.32 Å². The van der Waals surface area contributed by atoms with Gasteiger partial charge in [0.2, 0.25) is 5.91 Å². The van der Waals surface area contributed by atoms with Crippen LogP contribution in [0.25, 0.3) is 6.08 Å². The van der Waals surface area contributed by atoms with E-state index in [0.717, 1.165) is 5.56 Å². The number of carbonyl (C=O) groups is 1. The standard InChI is InChI=1S/C15H14FNO2/c1-17(11-12-4-2-5-13(16)10-12)15(18)8-7-14-6-3-9-19-14/h2-10H,11H2,1H3/b8-7+. The Kier molecular flexibility index (Phi) is 4.13. The molecule has 0 saturated carbocycles. The van der Waals surface area contributed by atoms with Gasteiger partial charge in [0.15, 0.2) is 0 Å². The topological polar surface area (TPSA) is 33.5 Å². The SMILES string of the molecule is CN(Cc1cccc(F)c1)C(=O)/C=C/c1ccco1. The average Bonchev–Trinajstić information content (AvgIpc) is 2.89. The summed E-state index contributed by atoms with van der Waals surface area (Å²) in [5, 5.41) is 0. The van der Waals surface area contributed by atoms with E-state index in [-0.39, 0.29) is 11.7 Å². The molecule has 0 spiro atoms. The first-order valence-corrected chi connectivity index (χ1v) is 5.86. The summed E-state index contributed by atoms with van der Waals surface area (Å²) in [5.74, 6) is 0.151. The van der Waals surface area contributed by atoms with Crippen molar-refractivity contribution in [2.45, 2.75) is 6.54 Å². The number of nitrogens with zero attached hydrogens (tertiary/aromatic N) is 1. The number of benzene rings is 1. The molecule has 0 unspecified atom stereocenters.